The molecule has 4 aromatic rings. The number of esters is 1. The van der Waals surface area contributed by atoms with Crippen molar-refractivity contribution in [2.75, 3.05) is 6.61 Å². The van der Waals surface area contributed by atoms with Crippen molar-refractivity contribution in [3.8, 4) is 17.6 Å². The number of nitrogens with zero attached hydrogens (tertiary/aromatic N) is 3. The normalized spacial score (nSPS) is 15.6. The van der Waals surface area contributed by atoms with Crippen LogP contribution in [0.25, 0.3) is 16.5 Å². The Morgan fingerprint density at radius 2 is 1.85 bits per heavy atom. The molecule has 0 spiro atoms. The predicted molar refractivity (Wildman–Crippen MR) is 157 cm³/mol. The third-order valence-corrected chi connectivity index (χ3v) is 8.45. The van der Waals surface area contributed by atoms with Crippen molar-refractivity contribution in [1.29, 1.82) is 5.26 Å². The summed E-state index contributed by atoms with van der Waals surface area (Å²) in [5.74, 6) is -0.759. The molecule has 40 heavy (non-hydrogen) atoms. The van der Waals surface area contributed by atoms with Gasteiger partial charge >= 0.3 is 5.97 Å². The lowest BCUT2D eigenvalue weighted by Gasteiger charge is -2.42. The zero-order valence-electron chi connectivity index (χ0n) is 23.0. The Kier molecular flexibility index (Phi) is 6.86. The molecule has 0 saturated heterocycles. The number of aromatic nitrogens is 1. The van der Waals surface area contributed by atoms with Gasteiger partial charge in [0.05, 0.1) is 29.0 Å². The summed E-state index contributed by atoms with van der Waals surface area (Å²) in [5.41, 5.74) is 1.67. The lowest BCUT2D eigenvalue weighted by atomic mass is 9.81. The predicted octanol–water partition coefficient (Wildman–Crippen LogP) is 5.72. The summed E-state index contributed by atoms with van der Waals surface area (Å²) < 4.78 is 6.24. The molecule has 0 atom stereocenters. The van der Waals surface area contributed by atoms with Gasteiger partial charge in [-0.25, -0.2) is 14.4 Å². The molecule has 0 saturated carbocycles. The van der Waals surface area contributed by atoms with Crippen molar-refractivity contribution < 1.29 is 14.6 Å². The van der Waals surface area contributed by atoms with Crippen LogP contribution in [0.2, 0.25) is 0 Å². The van der Waals surface area contributed by atoms with Gasteiger partial charge in [-0.1, -0.05) is 18.2 Å². The summed E-state index contributed by atoms with van der Waals surface area (Å²) in [6.07, 6.45) is 2.21. The minimum atomic E-state index is -0.467. The standard InChI is InChI=1S/C31H30N4O4S/c1-6-39-29(38)18-11-13-19(14-12-18)35-27(36)21-10-8-7-9-20(21)24(28(35)37)17-33-26-23(16-32)22-15-30(2,3)34-31(4,5)25(22)40-26/h7-14,17,34,37H,6,15H2,1-5H3/b33-17+. The molecule has 1 aliphatic heterocycles. The number of fused-ring (bicyclic) bond motifs is 2. The van der Waals surface area contributed by atoms with Crippen LogP contribution < -0.4 is 10.9 Å². The fraction of sp³-hybridized carbons (Fsp3) is 0.290. The van der Waals surface area contributed by atoms with E-state index in [2.05, 4.69) is 39.1 Å². The van der Waals surface area contributed by atoms with E-state index in [0.717, 1.165) is 10.4 Å². The van der Waals surface area contributed by atoms with Gasteiger partial charge in [0.1, 0.15) is 11.1 Å². The summed E-state index contributed by atoms with van der Waals surface area (Å²) in [6, 6.07) is 15.6. The second-order valence-electron chi connectivity index (χ2n) is 11.0. The molecule has 8 nitrogen and oxygen atoms in total. The lowest BCUT2D eigenvalue weighted by molar-refractivity contribution is 0.0526. The first-order valence-electron chi connectivity index (χ1n) is 13.0. The molecule has 3 heterocycles. The number of nitriles is 1. The van der Waals surface area contributed by atoms with Crippen LogP contribution in [0.3, 0.4) is 0 Å². The average molecular weight is 555 g/mol. The van der Waals surface area contributed by atoms with E-state index >= 15 is 0 Å². The van der Waals surface area contributed by atoms with Crippen molar-refractivity contribution >= 4 is 39.3 Å². The number of rotatable bonds is 5. The van der Waals surface area contributed by atoms with Crippen molar-refractivity contribution in [1.82, 2.24) is 9.88 Å². The smallest absolute Gasteiger partial charge is 0.338 e. The molecule has 2 N–H and O–H groups in total. The van der Waals surface area contributed by atoms with Crippen molar-refractivity contribution in [2.45, 2.75) is 52.1 Å². The Morgan fingerprint density at radius 1 is 1.18 bits per heavy atom. The number of aliphatic imine (C=N–C) groups is 1. The number of aromatic hydroxyl groups is 1. The van der Waals surface area contributed by atoms with E-state index in [9.17, 15) is 20.0 Å². The second kappa shape index (κ2) is 10.0. The van der Waals surface area contributed by atoms with Crippen molar-refractivity contribution in [2.24, 2.45) is 4.99 Å². The van der Waals surface area contributed by atoms with E-state index in [1.165, 1.54) is 22.1 Å². The number of ether oxygens (including phenoxy) is 1. The molecule has 5 rings (SSSR count). The molecule has 2 aromatic carbocycles. The van der Waals surface area contributed by atoms with Gasteiger partial charge in [-0.15, -0.1) is 11.3 Å². The minimum absolute atomic E-state index is 0.184. The molecule has 0 radical (unpaired) electrons. The molecule has 0 amide bonds. The van der Waals surface area contributed by atoms with Gasteiger partial charge in [0, 0.05) is 32.9 Å². The number of carbonyl (C=O) groups is 1. The van der Waals surface area contributed by atoms with Gasteiger partial charge in [-0.2, -0.15) is 5.26 Å². The SMILES string of the molecule is CCOC(=O)c1ccc(-n2c(O)c(/C=N/c3sc4c(c3C#N)CC(C)(C)NC4(C)C)c3ccccc3c2=O)cc1. The van der Waals surface area contributed by atoms with E-state index in [1.807, 2.05) is 0 Å². The van der Waals surface area contributed by atoms with Gasteiger partial charge in [0.25, 0.3) is 5.56 Å². The van der Waals surface area contributed by atoms with Crippen LogP contribution in [0.15, 0.2) is 58.3 Å². The Balaban J connectivity index is 1.65. The van der Waals surface area contributed by atoms with Gasteiger partial charge in [0.15, 0.2) is 0 Å². The van der Waals surface area contributed by atoms with Crippen LogP contribution in [0.4, 0.5) is 5.00 Å². The largest absolute Gasteiger partial charge is 0.494 e. The molecule has 0 unspecified atom stereocenters. The fourth-order valence-electron chi connectivity index (χ4n) is 5.53. The molecule has 1 aliphatic rings. The van der Waals surface area contributed by atoms with E-state index in [4.69, 9.17) is 9.73 Å². The number of nitrogens with one attached hydrogen (secondary N) is 1. The molecule has 0 bridgehead atoms. The van der Waals surface area contributed by atoms with E-state index in [0.29, 0.717) is 44.6 Å². The highest BCUT2D eigenvalue weighted by molar-refractivity contribution is 7.16. The number of carbonyl (C=O) groups excluding carboxylic acids is 1. The third kappa shape index (κ3) is 4.70. The Bertz CT molecular complexity index is 1770. The van der Waals surface area contributed by atoms with Gasteiger partial charge in [-0.05, 0) is 76.9 Å². The lowest BCUT2D eigenvalue weighted by Crippen LogP contribution is -2.54. The zero-order valence-corrected chi connectivity index (χ0v) is 23.8. The molecule has 9 heteroatoms. The average Bonchev–Trinajstić information content (AvgIpc) is 3.26. The minimum Gasteiger partial charge on any atom is -0.494 e. The summed E-state index contributed by atoms with van der Waals surface area (Å²) >= 11 is 1.46. The summed E-state index contributed by atoms with van der Waals surface area (Å²) in [6.45, 7) is 10.4. The summed E-state index contributed by atoms with van der Waals surface area (Å²) in [7, 11) is 0. The topological polar surface area (TPSA) is 117 Å². The van der Waals surface area contributed by atoms with E-state index < -0.39 is 11.5 Å². The first-order chi connectivity index (χ1) is 19.0. The monoisotopic (exact) mass is 554 g/mol. The Labute approximate surface area is 236 Å². The maximum absolute atomic E-state index is 13.5. The van der Waals surface area contributed by atoms with Gasteiger partial charge in [0.2, 0.25) is 5.88 Å². The van der Waals surface area contributed by atoms with E-state index in [1.54, 1.807) is 55.5 Å². The second-order valence-corrected chi connectivity index (χ2v) is 12.0. The molecule has 204 valence electrons. The van der Waals surface area contributed by atoms with E-state index in [-0.39, 0.29) is 23.6 Å². The molecule has 0 fully saturated rings. The van der Waals surface area contributed by atoms with Crippen LogP contribution in [-0.2, 0) is 16.7 Å². The number of hydrogen-bond acceptors (Lipinski definition) is 8. The number of pyridine rings is 1. The first-order valence-corrected chi connectivity index (χ1v) is 13.8. The molecule has 0 aliphatic carbocycles. The highest BCUT2D eigenvalue weighted by Gasteiger charge is 2.40. The number of hydrogen-bond donors (Lipinski definition) is 2. The van der Waals surface area contributed by atoms with Gasteiger partial charge in [-0.3, -0.25) is 4.79 Å². The fourth-order valence-corrected chi connectivity index (χ4v) is 6.71. The quantitative estimate of drug-likeness (QED) is 0.241. The number of thiophene rings is 1. The van der Waals surface area contributed by atoms with Crippen LogP contribution in [-0.4, -0.2) is 34.0 Å². The molecular formula is C31H30N4O4S. The number of benzene rings is 2. The maximum Gasteiger partial charge on any atom is 0.338 e. The van der Waals surface area contributed by atoms with Crippen molar-refractivity contribution in [3.63, 3.8) is 0 Å². The first kappa shape index (κ1) is 27.3. The summed E-state index contributed by atoms with van der Waals surface area (Å²) in [5, 5.41) is 26.6. The maximum atomic E-state index is 13.5. The van der Waals surface area contributed by atoms with Crippen LogP contribution in [0.5, 0.6) is 5.88 Å². The van der Waals surface area contributed by atoms with Crippen LogP contribution >= 0.6 is 11.3 Å². The third-order valence-electron chi connectivity index (χ3n) is 6.99. The highest BCUT2D eigenvalue weighted by Crippen LogP contribution is 2.46. The summed E-state index contributed by atoms with van der Waals surface area (Å²) in [4.78, 5) is 31.3. The van der Waals surface area contributed by atoms with Crippen LogP contribution in [0, 0.1) is 11.3 Å². The van der Waals surface area contributed by atoms with Gasteiger partial charge < -0.3 is 15.2 Å². The van der Waals surface area contributed by atoms with Crippen molar-refractivity contribution in [3.05, 3.63) is 86.0 Å². The highest BCUT2D eigenvalue weighted by atomic mass is 32.1. The Hall–Kier alpha value is -4.26. The zero-order chi connectivity index (χ0) is 28.8. The van der Waals surface area contributed by atoms with Crippen LogP contribution in [0.1, 0.15) is 66.5 Å². The molecular weight excluding hydrogens is 524 g/mol. The Morgan fingerprint density at radius 3 is 2.50 bits per heavy atom. The molecule has 2 aromatic heterocycles.